The molecule has 0 amide bonds. The molecule has 0 spiro atoms. The molecule has 0 aliphatic rings. The van der Waals surface area contributed by atoms with Crippen molar-refractivity contribution in [3.63, 3.8) is 0 Å². The van der Waals surface area contributed by atoms with Gasteiger partial charge in [-0.15, -0.1) is 0 Å². The molecule has 21 heavy (non-hydrogen) atoms. The highest BCUT2D eigenvalue weighted by Gasteiger charge is 2.09. The number of hydrogen-bond acceptors (Lipinski definition) is 5. The smallest absolute Gasteiger partial charge is 0.134 e. The fourth-order valence-electron chi connectivity index (χ4n) is 2.17. The van der Waals surface area contributed by atoms with E-state index in [1.807, 2.05) is 37.4 Å². The summed E-state index contributed by atoms with van der Waals surface area (Å²) in [6, 6.07) is 8.04. The van der Waals surface area contributed by atoms with Crippen LogP contribution >= 0.6 is 0 Å². The maximum atomic E-state index is 5.70. The summed E-state index contributed by atoms with van der Waals surface area (Å²) >= 11 is 0. The van der Waals surface area contributed by atoms with Crippen LogP contribution in [0.2, 0.25) is 0 Å². The topological polar surface area (TPSA) is 76.7 Å². The Morgan fingerprint density at radius 3 is 2.67 bits per heavy atom. The average molecular weight is 279 g/mol. The summed E-state index contributed by atoms with van der Waals surface area (Å²) in [6.45, 7) is 2.58. The normalized spacial score (nSPS) is 12.3. The fourth-order valence-corrected chi connectivity index (χ4v) is 2.17. The maximum Gasteiger partial charge on any atom is 0.134 e. The first-order chi connectivity index (χ1) is 10.3. The van der Waals surface area contributed by atoms with E-state index in [-0.39, 0.29) is 6.04 Å². The lowest BCUT2D eigenvalue weighted by Crippen LogP contribution is -2.25. The zero-order valence-corrected chi connectivity index (χ0v) is 11.8. The second-order valence-electron chi connectivity index (χ2n) is 4.97. The predicted octanol–water partition coefficient (Wildman–Crippen LogP) is 2.45. The first-order valence-corrected chi connectivity index (χ1v) is 6.89. The third-order valence-electron chi connectivity index (χ3n) is 3.34. The van der Waals surface area contributed by atoms with Gasteiger partial charge in [0.15, 0.2) is 0 Å². The van der Waals surface area contributed by atoms with Crippen molar-refractivity contribution in [1.82, 2.24) is 15.0 Å². The molecule has 0 aliphatic carbocycles. The standard InChI is InChI=1S/C16H17N5/c1-11(9-17)20-16-14-4-7-19-10-13(14)8-15(21-16)12-2-5-18-6-3-12/h2-8,10-11H,9,17H2,1H3,(H,20,21)/t11-/m0/s1. The Kier molecular flexibility index (Phi) is 3.75. The number of rotatable bonds is 4. The average Bonchev–Trinajstić information content (AvgIpc) is 2.55. The lowest BCUT2D eigenvalue weighted by molar-refractivity contribution is 0.800. The molecular weight excluding hydrogens is 262 g/mol. The van der Waals surface area contributed by atoms with Crippen molar-refractivity contribution in [3.8, 4) is 11.3 Å². The number of nitrogens with two attached hydrogens (primary N) is 1. The number of anilines is 1. The highest BCUT2D eigenvalue weighted by Crippen LogP contribution is 2.27. The summed E-state index contributed by atoms with van der Waals surface area (Å²) in [6.07, 6.45) is 7.15. The number of pyridine rings is 3. The second kappa shape index (κ2) is 5.85. The molecule has 0 bridgehead atoms. The molecular formula is C16H17N5. The summed E-state index contributed by atoms with van der Waals surface area (Å²) in [5, 5.41) is 5.46. The Labute approximate surface area is 123 Å². The molecule has 3 aromatic rings. The van der Waals surface area contributed by atoms with Crippen LogP contribution in [0.3, 0.4) is 0 Å². The number of hydrogen-bond donors (Lipinski definition) is 2. The molecule has 3 N–H and O–H groups in total. The van der Waals surface area contributed by atoms with Gasteiger partial charge >= 0.3 is 0 Å². The number of fused-ring (bicyclic) bond motifs is 1. The molecule has 3 heterocycles. The fraction of sp³-hybridized carbons (Fsp3) is 0.188. The molecule has 0 saturated heterocycles. The van der Waals surface area contributed by atoms with Crippen LogP contribution in [-0.4, -0.2) is 27.5 Å². The van der Waals surface area contributed by atoms with Crippen molar-refractivity contribution < 1.29 is 0 Å². The van der Waals surface area contributed by atoms with Gasteiger partial charge in [0.05, 0.1) is 5.69 Å². The van der Waals surface area contributed by atoms with E-state index in [0.29, 0.717) is 6.54 Å². The van der Waals surface area contributed by atoms with Crippen LogP contribution in [-0.2, 0) is 0 Å². The van der Waals surface area contributed by atoms with E-state index < -0.39 is 0 Å². The van der Waals surface area contributed by atoms with Gasteiger partial charge in [-0.2, -0.15) is 0 Å². The van der Waals surface area contributed by atoms with Crippen LogP contribution in [0.15, 0.2) is 49.1 Å². The van der Waals surface area contributed by atoms with Crippen LogP contribution < -0.4 is 11.1 Å². The number of nitrogens with zero attached hydrogens (tertiary/aromatic N) is 3. The largest absolute Gasteiger partial charge is 0.366 e. The summed E-state index contributed by atoms with van der Waals surface area (Å²) in [5.74, 6) is 0.833. The molecule has 0 radical (unpaired) electrons. The van der Waals surface area contributed by atoms with Crippen LogP contribution in [0, 0.1) is 0 Å². The van der Waals surface area contributed by atoms with E-state index in [9.17, 15) is 0 Å². The van der Waals surface area contributed by atoms with Gasteiger partial charge in [-0.05, 0) is 31.2 Å². The van der Waals surface area contributed by atoms with E-state index >= 15 is 0 Å². The van der Waals surface area contributed by atoms with E-state index in [2.05, 4.69) is 15.3 Å². The van der Waals surface area contributed by atoms with Gasteiger partial charge in [-0.3, -0.25) is 9.97 Å². The van der Waals surface area contributed by atoms with Crippen molar-refractivity contribution in [2.75, 3.05) is 11.9 Å². The van der Waals surface area contributed by atoms with Gasteiger partial charge in [-0.25, -0.2) is 4.98 Å². The van der Waals surface area contributed by atoms with E-state index in [4.69, 9.17) is 10.7 Å². The molecule has 5 nitrogen and oxygen atoms in total. The second-order valence-corrected chi connectivity index (χ2v) is 4.97. The maximum absolute atomic E-state index is 5.70. The summed E-state index contributed by atoms with van der Waals surface area (Å²) in [5.41, 5.74) is 7.62. The Morgan fingerprint density at radius 2 is 1.90 bits per heavy atom. The molecule has 3 aromatic heterocycles. The quantitative estimate of drug-likeness (QED) is 0.767. The lowest BCUT2D eigenvalue weighted by Gasteiger charge is -2.15. The minimum atomic E-state index is 0.154. The summed E-state index contributed by atoms with van der Waals surface area (Å²) in [4.78, 5) is 13.0. The number of nitrogens with one attached hydrogen (secondary N) is 1. The zero-order chi connectivity index (χ0) is 14.7. The lowest BCUT2D eigenvalue weighted by atomic mass is 10.1. The highest BCUT2D eigenvalue weighted by atomic mass is 15.0. The molecule has 0 unspecified atom stereocenters. The van der Waals surface area contributed by atoms with Crippen molar-refractivity contribution in [2.45, 2.75) is 13.0 Å². The molecule has 5 heteroatoms. The molecule has 0 aliphatic heterocycles. The van der Waals surface area contributed by atoms with Crippen molar-refractivity contribution in [1.29, 1.82) is 0 Å². The van der Waals surface area contributed by atoms with Crippen molar-refractivity contribution in [2.24, 2.45) is 5.73 Å². The van der Waals surface area contributed by atoms with E-state index in [1.165, 1.54) is 0 Å². The van der Waals surface area contributed by atoms with E-state index in [0.717, 1.165) is 27.8 Å². The van der Waals surface area contributed by atoms with Crippen LogP contribution in [0.1, 0.15) is 6.92 Å². The molecule has 3 rings (SSSR count). The monoisotopic (exact) mass is 279 g/mol. The van der Waals surface area contributed by atoms with Crippen molar-refractivity contribution in [3.05, 3.63) is 49.1 Å². The van der Waals surface area contributed by atoms with Gasteiger partial charge < -0.3 is 11.1 Å². The van der Waals surface area contributed by atoms with E-state index in [1.54, 1.807) is 18.6 Å². The Bertz CT molecular complexity index is 742. The molecule has 0 fully saturated rings. The summed E-state index contributed by atoms with van der Waals surface area (Å²) < 4.78 is 0. The zero-order valence-electron chi connectivity index (χ0n) is 11.8. The third-order valence-corrected chi connectivity index (χ3v) is 3.34. The van der Waals surface area contributed by atoms with Crippen LogP contribution in [0.25, 0.3) is 22.0 Å². The minimum Gasteiger partial charge on any atom is -0.366 e. The van der Waals surface area contributed by atoms with Gasteiger partial charge in [0.1, 0.15) is 5.82 Å². The highest BCUT2D eigenvalue weighted by molar-refractivity contribution is 5.94. The Hall–Kier alpha value is -2.53. The molecule has 1 atom stereocenters. The first-order valence-electron chi connectivity index (χ1n) is 6.89. The predicted molar refractivity (Wildman–Crippen MR) is 84.9 cm³/mol. The van der Waals surface area contributed by atoms with Gasteiger partial charge in [0, 0.05) is 53.7 Å². The van der Waals surface area contributed by atoms with Gasteiger partial charge in [-0.1, -0.05) is 0 Å². The number of aromatic nitrogens is 3. The van der Waals surface area contributed by atoms with Crippen molar-refractivity contribution >= 4 is 16.6 Å². The SMILES string of the molecule is C[C@@H](CN)Nc1nc(-c2ccncc2)cc2cnccc12. The molecule has 106 valence electrons. The van der Waals surface area contributed by atoms with Gasteiger partial charge in [0.25, 0.3) is 0 Å². The molecule has 0 saturated carbocycles. The summed E-state index contributed by atoms with van der Waals surface area (Å²) in [7, 11) is 0. The van der Waals surface area contributed by atoms with Gasteiger partial charge in [0.2, 0.25) is 0 Å². The van der Waals surface area contributed by atoms with Crippen LogP contribution in [0.5, 0.6) is 0 Å². The van der Waals surface area contributed by atoms with Crippen LogP contribution in [0.4, 0.5) is 5.82 Å². The first kappa shape index (κ1) is 13.5. The minimum absolute atomic E-state index is 0.154. The Balaban J connectivity index is 2.15. The third kappa shape index (κ3) is 2.83. The molecule has 0 aromatic carbocycles. The Morgan fingerprint density at radius 1 is 1.14 bits per heavy atom.